The van der Waals surface area contributed by atoms with Crippen molar-refractivity contribution in [3.63, 3.8) is 0 Å². The lowest BCUT2D eigenvalue weighted by Crippen LogP contribution is -2.15. The molecule has 2 heterocycles. The van der Waals surface area contributed by atoms with Crippen LogP contribution in [-0.4, -0.2) is 15.0 Å². The normalized spacial score (nSPS) is 11.8. The van der Waals surface area contributed by atoms with E-state index >= 15 is 0 Å². The van der Waals surface area contributed by atoms with Gasteiger partial charge in [-0.3, -0.25) is 4.98 Å². The molecule has 2 aromatic rings. The van der Waals surface area contributed by atoms with Gasteiger partial charge in [0.2, 0.25) is 0 Å². The molecule has 0 fully saturated rings. The molecule has 0 aliphatic heterocycles. The second kappa shape index (κ2) is 4.59. The number of halogens is 1. The first-order chi connectivity index (χ1) is 7.89. The number of hydrogen-bond acceptors (Lipinski definition) is 4. The fourth-order valence-electron chi connectivity index (χ4n) is 1.42. The van der Waals surface area contributed by atoms with Crippen LogP contribution in [0.4, 0.5) is 0 Å². The molecule has 0 bridgehead atoms. The van der Waals surface area contributed by atoms with Crippen molar-refractivity contribution in [1.29, 1.82) is 0 Å². The summed E-state index contributed by atoms with van der Waals surface area (Å²) in [6.45, 7) is 6.40. The molecule has 0 saturated heterocycles. The van der Waals surface area contributed by atoms with Gasteiger partial charge in [0, 0.05) is 17.3 Å². The fraction of sp³-hybridized carbons (Fsp3) is 0.364. The molecule has 3 nitrogen and oxygen atoms in total. The van der Waals surface area contributed by atoms with Crippen molar-refractivity contribution in [3.8, 4) is 10.7 Å². The van der Waals surface area contributed by atoms with Gasteiger partial charge in [0.25, 0.3) is 0 Å². The monoisotopic (exact) mass is 329 g/mol. The van der Waals surface area contributed by atoms with Crippen LogP contribution >= 0.6 is 39.5 Å². The first-order valence-electron chi connectivity index (χ1n) is 5.09. The summed E-state index contributed by atoms with van der Waals surface area (Å²) in [5, 5.41) is 0. The van der Waals surface area contributed by atoms with Crippen LogP contribution in [0.5, 0.6) is 0 Å². The van der Waals surface area contributed by atoms with Gasteiger partial charge < -0.3 is 4.98 Å². The minimum Gasteiger partial charge on any atom is -0.341 e. The van der Waals surface area contributed by atoms with Gasteiger partial charge in [-0.1, -0.05) is 33.0 Å². The smallest absolute Gasteiger partial charge is 0.150 e. The highest BCUT2D eigenvalue weighted by atomic mass is 79.9. The molecule has 0 aliphatic rings. The highest BCUT2D eigenvalue weighted by Gasteiger charge is 2.20. The lowest BCUT2D eigenvalue weighted by atomic mass is 9.92. The van der Waals surface area contributed by atoms with E-state index in [0.29, 0.717) is 4.64 Å². The maximum Gasteiger partial charge on any atom is 0.150 e. The van der Waals surface area contributed by atoms with E-state index in [1.54, 1.807) is 23.0 Å². The molecule has 2 aromatic heterocycles. The van der Waals surface area contributed by atoms with Crippen molar-refractivity contribution in [2.75, 3.05) is 0 Å². The number of hydrogen-bond donors (Lipinski definition) is 1. The second-order valence-corrected chi connectivity index (χ2v) is 6.76. The van der Waals surface area contributed by atoms with Crippen LogP contribution in [0.2, 0.25) is 0 Å². The van der Waals surface area contributed by atoms with Crippen molar-refractivity contribution in [2.24, 2.45) is 0 Å². The van der Waals surface area contributed by atoms with Crippen LogP contribution < -0.4 is 0 Å². The Morgan fingerprint density at radius 1 is 1.41 bits per heavy atom. The van der Waals surface area contributed by atoms with Crippen molar-refractivity contribution >= 4 is 39.5 Å². The van der Waals surface area contributed by atoms with Crippen molar-refractivity contribution < 1.29 is 0 Å². The summed E-state index contributed by atoms with van der Waals surface area (Å²) in [7, 11) is 0. The Morgan fingerprint density at radius 3 is 2.65 bits per heavy atom. The van der Waals surface area contributed by atoms with Crippen LogP contribution in [0.15, 0.2) is 16.2 Å². The maximum atomic E-state index is 5.28. The van der Waals surface area contributed by atoms with Crippen LogP contribution in [0.3, 0.4) is 0 Å². The number of nitrogens with zero attached hydrogens (tertiary/aromatic N) is 2. The third kappa shape index (κ3) is 2.64. The summed E-state index contributed by atoms with van der Waals surface area (Å²) >= 11 is 10.3. The number of aromatic nitrogens is 3. The van der Waals surface area contributed by atoms with Crippen molar-refractivity contribution in [1.82, 2.24) is 15.0 Å². The van der Waals surface area contributed by atoms with E-state index in [9.17, 15) is 0 Å². The third-order valence-electron chi connectivity index (χ3n) is 2.28. The minimum absolute atomic E-state index is 0.0191. The fourth-order valence-corrected chi connectivity index (χ4v) is 2.97. The molecule has 1 N–H and O–H groups in total. The Balaban J connectivity index is 2.67. The molecule has 0 saturated carbocycles. The van der Waals surface area contributed by atoms with Gasteiger partial charge in [-0.05, 0) is 15.9 Å². The zero-order valence-corrected chi connectivity index (χ0v) is 13.0. The second-order valence-electron chi connectivity index (χ2n) is 4.70. The summed E-state index contributed by atoms with van der Waals surface area (Å²) in [6, 6.07) is 0. The average Bonchev–Trinajstić information content (AvgIpc) is 2.73. The molecule has 2 rings (SSSR count). The van der Waals surface area contributed by atoms with E-state index in [1.807, 2.05) is 0 Å². The van der Waals surface area contributed by atoms with Gasteiger partial charge in [-0.15, -0.1) is 11.3 Å². The molecule has 0 amide bonds. The number of thiazole rings is 1. The Morgan fingerprint density at radius 2 is 2.12 bits per heavy atom. The predicted molar refractivity (Wildman–Crippen MR) is 76.9 cm³/mol. The number of H-pyrrole nitrogens is 1. The lowest BCUT2D eigenvalue weighted by Gasteiger charge is -2.21. The Labute approximate surface area is 117 Å². The SMILES string of the molecule is CC(C)(C)c1[nH]c(-c2cncs2)nc(=S)c1Br. The highest BCUT2D eigenvalue weighted by molar-refractivity contribution is 9.10. The van der Waals surface area contributed by atoms with Gasteiger partial charge >= 0.3 is 0 Å². The molecule has 0 aliphatic carbocycles. The van der Waals surface area contributed by atoms with E-state index in [0.717, 1.165) is 20.9 Å². The molecule has 0 atom stereocenters. The van der Waals surface area contributed by atoms with Crippen molar-refractivity contribution in [2.45, 2.75) is 26.2 Å². The highest BCUT2D eigenvalue weighted by Crippen LogP contribution is 2.30. The topological polar surface area (TPSA) is 41.6 Å². The van der Waals surface area contributed by atoms with Crippen LogP contribution in [0, 0.1) is 4.64 Å². The quantitative estimate of drug-likeness (QED) is 0.792. The number of nitrogens with one attached hydrogen (secondary N) is 1. The van der Waals surface area contributed by atoms with Gasteiger partial charge in [0.1, 0.15) is 4.64 Å². The average molecular weight is 330 g/mol. The summed E-state index contributed by atoms with van der Waals surface area (Å²) in [5.41, 5.74) is 2.82. The zero-order valence-electron chi connectivity index (χ0n) is 9.74. The molecule has 6 heteroatoms. The van der Waals surface area contributed by atoms with Crippen LogP contribution in [0.1, 0.15) is 26.5 Å². The zero-order chi connectivity index (χ0) is 12.6. The Hall–Kier alpha value is -0.590. The van der Waals surface area contributed by atoms with Crippen LogP contribution in [0.25, 0.3) is 10.7 Å². The molecule has 0 aromatic carbocycles. The molecule has 17 heavy (non-hydrogen) atoms. The summed E-state index contributed by atoms with van der Waals surface area (Å²) in [5.74, 6) is 0.783. The Bertz CT molecular complexity index is 582. The Kier molecular flexibility index (Phi) is 3.47. The van der Waals surface area contributed by atoms with Gasteiger partial charge in [-0.25, -0.2) is 4.98 Å². The largest absolute Gasteiger partial charge is 0.341 e. The predicted octanol–water partition coefficient (Wildman–Crippen LogP) is 4.32. The number of rotatable bonds is 1. The maximum absolute atomic E-state index is 5.28. The van der Waals surface area contributed by atoms with E-state index < -0.39 is 0 Å². The molecule has 0 spiro atoms. The van der Waals surface area contributed by atoms with E-state index in [2.05, 4.69) is 51.7 Å². The van der Waals surface area contributed by atoms with Gasteiger partial charge in [-0.2, -0.15) is 0 Å². The molecule has 0 radical (unpaired) electrons. The van der Waals surface area contributed by atoms with Gasteiger partial charge in [0.05, 0.1) is 14.9 Å². The molecule has 0 unspecified atom stereocenters. The standard InChI is InChI=1S/C11H12BrN3S2/c1-11(2,3)8-7(12)10(16)15-9(14-8)6-4-13-5-17-6/h4-5H,1-3H3,(H,14,15,16). The lowest BCUT2D eigenvalue weighted by molar-refractivity contribution is 0.563. The van der Waals surface area contributed by atoms with E-state index in [1.165, 1.54) is 0 Å². The molecule has 90 valence electrons. The van der Waals surface area contributed by atoms with Gasteiger partial charge in [0.15, 0.2) is 5.82 Å². The van der Waals surface area contributed by atoms with Crippen LogP contribution in [-0.2, 0) is 5.41 Å². The molecular formula is C11H12BrN3S2. The van der Waals surface area contributed by atoms with Crippen molar-refractivity contribution in [3.05, 3.63) is 26.5 Å². The molecular weight excluding hydrogens is 318 g/mol. The third-order valence-corrected chi connectivity index (χ3v) is 4.39. The van der Waals surface area contributed by atoms with E-state index in [4.69, 9.17) is 12.2 Å². The minimum atomic E-state index is -0.0191. The van der Waals surface area contributed by atoms with E-state index in [-0.39, 0.29) is 5.41 Å². The first kappa shape index (κ1) is 12.9. The summed E-state index contributed by atoms with van der Waals surface area (Å²) in [4.78, 5) is 12.8. The summed E-state index contributed by atoms with van der Waals surface area (Å²) in [6.07, 6.45) is 1.79. The first-order valence-corrected chi connectivity index (χ1v) is 7.17. The number of aromatic amines is 1. The summed E-state index contributed by atoms with van der Waals surface area (Å²) < 4.78 is 1.45.